The second-order valence-electron chi connectivity index (χ2n) is 8.28. The van der Waals surface area contributed by atoms with Gasteiger partial charge in [-0.3, -0.25) is 13.9 Å². The van der Waals surface area contributed by atoms with E-state index in [-0.39, 0.29) is 22.6 Å². The second-order valence-corrected chi connectivity index (χ2v) is 11.8. The Morgan fingerprint density at radius 3 is 2.27 bits per heavy atom. The van der Waals surface area contributed by atoms with Crippen molar-refractivity contribution in [3.05, 3.63) is 58.0 Å². The number of anilines is 3. The lowest BCUT2D eigenvalue weighted by molar-refractivity contribution is -0.117. The Morgan fingerprint density at radius 2 is 1.66 bits per heavy atom. The van der Waals surface area contributed by atoms with Crippen LogP contribution < -0.4 is 10.3 Å². The molecule has 20 heteroatoms. The number of halogens is 4. The van der Waals surface area contributed by atoms with Gasteiger partial charge in [-0.1, -0.05) is 23.2 Å². The molecule has 1 aliphatic heterocycles. The van der Waals surface area contributed by atoms with E-state index in [4.69, 9.17) is 23.2 Å². The molecule has 0 radical (unpaired) electrons. The minimum absolute atomic E-state index is 0.00378. The van der Waals surface area contributed by atoms with Gasteiger partial charge in [0.15, 0.2) is 11.9 Å². The van der Waals surface area contributed by atoms with Crippen LogP contribution in [-0.2, 0) is 25.0 Å². The Morgan fingerprint density at radius 1 is 1.00 bits per heavy atom. The highest BCUT2D eigenvalue weighted by Crippen LogP contribution is 2.35. The Balaban J connectivity index is 1.70. The fourth-order valence-corrected chi connectivity index (χ4v) is 5.35. The van der Waals surface area contributed by atoms with Gasteiger partial charge in [-0.2, -0.15) is 55.9 Å². The monoisotopic (exact) mass is 649 g/mol. The number of azo groups is 1. The molecule has 1 aromatic heterocycles. The second kappa shape index (κ2) is 11.0. The summed E-state index contributed by atoms with van der Waals surface area (Å²) < 4.78 is 93.1. The summed E-state index contributed by atoms with van der Waals surface area (Å²) in [6.45, 7) is 2.80. The predicted molar refractivity (Wildman–Crippen MR) is 141 cm³/mol. The standard InChI is InChI=1S/C21H15Cl2F2N7O7S2/c1-8-5-15(41(37,38)39)13(7-12(8)26-19-16(23)18(24)27-21(25)28-19)29-30-17-9(2)31-32(20(17)33)10-3-4-14(11(22)6-10)40(34,35)36/h3-7,17H,1-2H3,(H,26,27,28)(H,34,35,36)(H,37,38,39). The number of amides is 1. The molecule has 1 amide bonds. The molecule has 4 rings (SSSR count). The first-order chi connectivity index (χ1) is 19.0. The van der Waals surface area contributed by atoms with E-state index < -0.39 is 75.6 Å². The smallest absolute Gasteiger partial charge is 0.313 e. The van der Waals surface area contributed by atoms with E-state index in [1.807, 2.05) is 0 Å². The molecular weight excluding hydrogens is 635 g/mol. The number of hydrogen-bond acceptors (Lipinski definition) is 11. The minimum Gasteiger partial charge on any atom is -0.338 e. The van der Waals surface area contributed by atoms with Gasteiger partial charge in [0, 0.05) is 5.69 Å². The van der Waals surface area contributed by atoms with Gasteiger partial charge in [-0.25, -0.2) is 0 Å². The van der Waals surface area contributed by atoms with Crippen LogP contribution in [0, 0.1) is 18.9 Å². The third-order valence-electron chi connectivity index (χ3n) is 5.44. The average molecular weight is 650 g/mol. The summed E-state index contributed by atoms with van der Waals surface area (Å²) in [4.78, 5) is 17.9. The van der Waals surface area contributed by atoms with Gasteiger partial charge in [0.05, 0.1) is 16.4 Å². The van der Waals surface area contributed by atoms with Gasteiger partial charge in [-0.05, 0) is 49.7 Å². The highest BCUT2D eigenvalue weighted by atomic mass is 35.5. The SMILES string of the molecule is CC1=NN(c2ccc(S(=O)(=O)O)c(Cl)c2)C(=O)C1N=Nc1cc(Nc2nc(F)nc(F)c2Cl)c(C)cc1S(=O)(=O)O. The van der Waals surface area contributed by atoms with Crippen LogP contribution in [0.15, 0.2) is 55.5 Å². The molecule has 1 unspecified atom stereocenters. The zero-order chi connectivity index (χ0) is 30.4. The van der Waals surface area contributed by atoms with Crippen molar-refractivity contribution in [3.8, 4) is 0 Å². The third-order valence-corrected chi connectivity index (χ3v) is 7.99. The van der Waals surface area contributed by atoms with Crippen molar-refractivity contribution in [2.45, 2.75) is 29.7 Å². The molecule has 1 atom stereocenters. The molecule has 2 aromatic carbocycles. The largest absolute Gasteiger partial charge is 0.338 e. The van der Waals surface area contributed by atoms with E-state index in [1.165, 1.54) is 13.8 Å². The van der Waals surface area contributed by atoms with Crippen LogP contribution in [0.5, 0.6) is 0 Å². The van der Waals surface area contributed by atoms with Gasteiger partial charge in [0.1, 0.15) is 20.5 Å². The van der Waals surface area contributed by atoms with Gasteiger partial charge < -0.3 is 5.32 Å². The molecular formula is C21H15Cl2F2N7O7S2. The number of aromatic nitrogens is 2. The number of aryl methyl sites for hydroxylation is 1. The van der Waals surface area contributed by atoms with Crippen molar-refractivity contribution < 1.29 is 39.5 Å². The van der Waals surface area contributed by atoms with Crippen molar-refractivity contribution in [2.24, 2.45) is 15.3 Å². The number of nitrogens with zero attached hydrogens (tertiary/aromatic N) is 6. The summed E-state index contributed by atoms with van der Waals surface area (Å²) in [6, 6.07) is 3.82. The van der Waals surface area contributed by atoms with Crippen LogP contribution in [0.2, 0.25) is 10.0 Å². The first-order valence-electron chi connectivity index (χ1n) is 10.8. The molecule has 216 valence electrons. The van der Waals surface area contributed by atoms with Crippen molar-refractivity contribution in [1.82, 2.24) is 9.97 Å². The summed E-state index contributed by atoms with van der Waals surface area (Å²) in [6.07, 6.45) is -1.44. The Hall–Kier alpha value is -3.68. The molecule has 1 aliphatic rings. The highest BCUT2D eigenvalue weighted by molar-refractivity contribution is 7.86. The molecule has 0 fully saturated rings. The van der Waals surface area contributed by atoms with Crippen LogP contribution in [0.3, 0.4) is 0 Å². The quantitative estimate of drug-likeness (QED) is 0.142. The van der Waals surface area contributed by atoms with E-state index in [2.05, 4.69) is 30.6 Å². The summed E-state index contributed by atoms with van der Waals surface area (Å²) in [7, 11) is -9.51. The zero-order valence-electron chi connectivity index (χ0n) is 20.4. The number of benzene rings is 2. The van der Waals surface area contributed by atoms with Crippen LogP contribution in [0.4, 0.5) is 31.7 Å². The molecule has 14 nitrogen and oxygen atoms in total. The lowest BCUT2D eigenvalue weighted by Crippen LogP contribution is -2.29. The fraction of sp³-hybridized carbons (Fsp3) is 0.143. The van der Waals surface area contributed by atoms with Crippen molar-refractivity contribution in [2.75, 3.05) is 10.3 Å². The van der Waals surface area contributed by atoms with Crippen LogP contribution in [-0.4, -0.2) is 53.6 Å². The lowest BCUT2D eigenvalue weighted by Gasteiger charge is -2.14. The maximum Gasteiger partial charge on any atom is 0.313 e. The molecule has 2 heterocycles. The van der Waals surface area contributed by atoms with E-state index in [0.29, 0.717) is 0 Å². The first kappa shape index (κ1) is 30.3. The summed E-state index contributed by atoms with van der Waals surface area (Å²) in [5.41, 5.74) is -0.217. The molecule has 0 saturated carbocycles. The first-order valence-corrected chi connectivity index (χ1v) is 14.5. The van der Waals surface area contributed by atoms with E-state index >= 15 is 0 Å². The van der Waals surface area contributed by atoms with Gasteiger partial charge in [-0.15, -0.1) is 0 Å². The van der Waals surface area contributed by atoms with Crippen molar-refractivity contribution in [1.29, 1.82) is 0 Å². The molecule has 0 spiro atoms. The normalized spacial score (nSPS) is 16.0. The number of hydrazone groups is 1. The van der Waals surface area contributed by atoms with Gasteiger partial charge in [0.25, 0.3) is 26.1 Å². The van der Waals surface area contributed by atoms with E-state index in [9.17, 15) is 39.5 Å². The van der Waals surface area contributed by atoms with Gasteiger partial charge in [0.2, 0.25) is 5.95 Å². The molecule has 3 N–H and O–H groups in total. The van der Waals surface area contributed by atoms with E-state index in [1.54, 1.807) is 0 Å². The number of carbonyl (C=O) groups is 1. The molecule has 0 aliphatic carbocycles. The molecule has 0 saturated heterocycles. The fourth-order valence-electron chi connectivity index (χ4n) is 3.52. The van der Waals surface area contributed by atoms with Crippen molar-refractivity contribution in [3.63, 3.8) is 0 Å². The van der Waals surface area contributed by atoms with Gasteiger partial charge >= 0.3 is 6.08 Å². The van der Waals surface area contributed by atoms with Crippen LogP contribution in [0.25, 0.3) is 0 Å². The number of nitrogens with one attached hydrogen (secondary N) is 1. The number of rotatable bonds is 7. The summed E-state index contributed by atoms with van der Waals surface area (Å²) in [5.74, 6) is -2.65. The number of hydrogen-bond donors (Lipinski definition) is 3. The molecule has 3 aromatic rings. The van der Waals surface area contributed by atoms with E-state index in [0.717, 1.165) is 35.3 Å². The van der Waals surface area contributed by atoms with Crippen molar-refractivity contribution >= 4 is 77.9 Å². The Labute approximate surface area is 240 Å². The molecule has 41 heavy (non-hydrogen) atoms. The average Bonchev–Trinajstić information content (AvgIpc) is 3.13. The van der Waals surface area contributed by atoms with Crippen LogP contribution >= 0.6 is 23.2 Å². The predicted octanol–water partition coefficient (Wildman–Crippen LogP) is 4.48. The minimum atomic E-state index is -4.88. The summed E-state index contributed by atoms with van der Waals surface area (Å²) >= 11 is 11.7. The maximum absolute atomic E-state index is 13.8. The molecule has 0 bridgehead atoms. The lowest BCUT2D eigenvalue weighted by atomic mass is 10.1. The maximum atomic E-state index is 13.8. The number of carbonyl (C=O) groups excluding carboxylic acids is 1. The Bertz CT molecular complexity index is 1890. The van der Waals surface area contributed by atoms with Crippen LogP contribution in [0.1, 0.15) is 12.5 Å². The summed E-state index contributed by atoms with van der Waals surface area (Å²) in [5, 5.41) is 14.0. The topological polar surface area (TPSA) is 204 Å². The third kappa shape index (κ3) is 6.31. The zero-order valence-corrected chi connectivity index (χ0v) is 23.6. The highest BCUT2D eigenvalue weighted by Gasteiger charge is 2.35. The Kier molecular flexibility index (Phi) is 8.09.